The van der Waals surface area contributed by atoms with Crippen molar-refractivity contribution < 1.29 is 0 Å². The summed E-state index contributed by atoms with van der Waals surface area (Å²) in [4.78, 5) is 11.4. The number of hydrogen-bond donors (Lipinski definition) is 2. The van der Waals surface area contributed by atoms with Crippen molar-refractivity contribution in [2.24, 2.45) is 0 Å². The summed E-state index contributed by atoms with van der Waals surface area (Å²) in [5.74, 6) is 0. The van der Waals surface area contributed by atoms with Crippen molar-refractivity contribution in [2.45, 2.75) is 0 Å². The molecule has 0 unspecified atom stereocenters. The van der Waals surface area contributed by atoms with E-state index >= 15 is 0 Å². The summed E-state index contributed by atoms with van der Waals surface area (Å²) in [6.45, 7) is 0. The van der Waals surface area contributed by atoms with Gasteiger partial charge in [0.1, 0.15) is 5.65 Å². The number of aromatic nitrogens is 3. The molecule has 0 radical (unpaired) electrons. The topological polar surface area (TPSA) is 67.6 Å². The number of nitrogen functional groups attached to an aromatic ring is 1. The van der Waals surface area contributed by atoms with Gasteiger partial charge in [0.2, 0.25) is 0 Å². The number of H-pyrrole nitrogens is 1. The largest absolute Gasteiger partial charge is 0.397 e. The molecule has 0 aromatic carbocycles. The molecule has 0 spiro atoms. The molecule has 0 fully saturated rings. The lowest BCUT2D eigenvalue weighted by molar-refractivity contribution is 1.30. The van der Waals surface area contributed by atoms with Crippen LogP contribution in [0.3, 0.4) is 0 Å². The molecule has 3 heterocycles. The SMILES string of the molecule is Cl.Cl.Nc1cncc(-c2cnc3[nH]ccc3c2)c1. The molecule has 0 saturated heterocycles. The van der Waals surface area contributed by atoms with Gasteiger partial charge in [-0.2, -0.15) is 0 Å². The maximum absolute atomic E-state index is 5.70. The summed E-state index contributed by atoms with van der Waals surface area (Å²) in [7, 11) is 0. The van der Waals surface area contributed by atoms with E-state index in [-0.39, 0.29) is 24.8 Å². The summed E-state index contributed by atoms with van der Waals surface area (Å²) < 4.78 is 0. The minimum absolute atomic E-state index is 0. The molecule has 0 bridgehead atoms. The molecule has 0 aliphatic carbocycles. The molecule has 0 aliphatic rings. The molecule has 94 valence electrons. The molecular weight excluding hydrogens is 271 g/mol. The number of halogens is 2. The van der Waals surface area contributed by atoms with Gasteiger partial charge in [-0.15, -0.1) is 24.8 Å². The van der Waals surface area contributed by atoms with E-state index in [0.717, 1.165) is 22.2 Å². The van der Waals surface area contributed by atoms with E-state index in [1.54, 1.807) is 12.4 Å². The lowest BCUT2D eigenvalue weighted by Crippen LogP contribution is -1.88. The summed E-state index contributed by atoms with van der Waals surface area (Å²) >= 11 is 0. The highest BCUT2D eigenvalue weighted by atomic mass is 35.5. The van der Waals surface area contributed by atoms with Crippen LogP contribution in [0.25, 0.3) is 22.2 Å². The number of nitrogens with one attached hydrogen (secondary N) is 1. The smallest absolute Gasteiger partial charge is 0.137 e. The number of aromatic amines is 1. The average molecular weight is 283 g/mol. The van der Waals surface area contributed by atoms with Crippen LogP contribution in [0, 0.1) is 0 Å². The van der Waals surface area contributed by atoms with Gasteiger partial charge in [0, 0.05) is 41.3 Å². The normalized spacial score (nSPS) is 9.56. The molecule has 3 aromatic heterocycles. The Balaban J connectivity index is 0.000000810. The highest BCUT2D eigenvalue weighted by molar-refractivity contribution is 5.85. The number of nitrogens with two attached hydrogens (primary N) is 1. The maximum atomic E-state index is 5.70. The molecule has 0 atom stereocenters. The molecule has 3 N–H and O–H groups in total. The van der Waals surface area contributed by atoms with Crippen LogP contribution in [-0.2, 0) is 0 Å². The molecule has 3 rings (SSSR count). The van der Waals surface area contributed by atoms with Crippen LogP contribution in [0.1, 0.15) is 0 Å². The standard InChI is InChI=1S/C12H10N4.2ClH/c13-11-4-10(5-14-7-11)9-3-8-1-2-15-12(8)16-6-9;;/h1-7H,13H2,(H,15,16);2*1H. The van der Waals surface area contributed by atoms with Crippen LogP contribution in [0.4, 0.5) is 5.69 Å². The number of pyridine rings is 2. The van der Waals surface area contributed by atoms with E-state index in [0.29, 0.717) is 5.69 Å². The molecule has 3 aromatic rings. The minimum Gasteiger partial charge on any atom is -0.397 e. The van der Waals surface area contributed by atoms with Gasteiger partial charge < -0.3 is 10.7 Å². The average Bonchev–Trinajstić information content (AvgIpc) is 2.75. The van der Waals surface area contributed by atoms with Crippen LogP contribution in [-0.4, -0.2) is 15.0 Å². The van der Waals surface area contributed by atoms with Crippen molar-refractivity contribution in [1.29, 1.82) is 0 Å². The summed E-state index contributed by atoms with van der Waals surface area (Å²) in [5.41, 5.74) is 9.25. The summed E-state index contributed by atoms with van der Waals surface area (Å²) in [5, 5.41) is 1.08. The second kappa shape index (κ2) is 5.71. The number of anilines is 1. The summed E-state index contributed by atoms with van der Waals surface area (Å²) in [6, 6.07) is 5.95. The zero-order chi connectivity index (χ0) is 11.0. The lowest BCUT2D eigenvalue weighted by Gasteiger charge is -2.01. The van der Waals surface area contributed by atoms with Crippen molar-refractivity contribution in [3.05, 3.63) is 43.0 Å². The van der Waals surface area contributed by atoms with Crippen LogP contribution >= 0.6 is 24.8 Å². The minimum atomic E-state index is 0. The van der Waals surface area contributed by atoms with Gasteiger partial charge >= 0.3 is 0 Å². The zero-order valence-electron chi connectivity index (χ0n) is 9.33. The Kier molecular flexibility index (Phi) is 4.53. The number of fused-ring (bicyclic) bond motifs is 1. The first-order valence-electron chi connectivity index (χ1n) is 4.97. The molecule has 6 heteroatoms. The van der Waals surface area contributed by atoms with Gasteiger partial charge in [-0.1, -0.05) is 0 Å². The Morgan fingerprint density at radius 3 is 2.56 bits per heavy atom. The van der Waals surface area contributed by atoms with Crippen molar-refractivity contribution in [1.82, 2.24) is 15.0 Å². The van der Waals surface area contributed by atoms with Gasteiger partial charge in [-0.3, -0.25) is 4.98 Å². The van der Waals surface area contributed by atoms with E-state index in [1.807, 2.05) is 24.5 Å². The molecule has 0 saturated carbocycles. The summed E-state index contributed by atoms with van der Waals surface area (Å²) in [6.07, 6.45) is 7.10. The van der Waals surface area contributed by atoms with E-state index in [9.17, 15) is 0 Å². The van der Waals surface area contributed by atoms with Crippen molar-refractivity contribution in [3.63, 3.8) is 0 Å². The molecule has 0 aliphatic heterocycles. The number of nitrogens with zero attached hydrogens (tertiary/aromatic N) is 2. The van der Waals surface area contributed by atoms with Crippen molar-refractivity contribution in [2.75, 3.05) is 5.73 Å². The van der Waals surface area contributed by atoms with Crippen molar-refractivity contribution >= 4 is 41.5 Å². The van der Waals surface area contributed by atoms with Gasteiger partial charge in [0.25, 0.3) is 0 Å². The third kappa shape index (κ3) is 2.55. The molecular formula is C12H12Cl2N4. The Labute approximate surface area is 116 Å². The highest BCUT2D eigenvalue weighted by Crippen LogP contribution is 2.22. The Bertz CT molecular complexity index is 651. The number of hydrogen-bond acceptors (Lipinski definition) is 3. The van der Waals surface area contributed by atoms with Crippen LogP contribution in [0.2, 0.25) is 0 Å². The van der Waals surface area contributed by atoms with Gasteiger partial charge in [-0.25, -0.2) is 4.98 Å². The Hall–Kier alpha value is -1.78. The Morgan fingerprint density at radius 2 is 1.78 bits per heavy atom. The second-order valence-corrected chi connectivity index (χ2v) is 3.65. The molecule has 4 nitrogen and oxygen atoms in total. The van der Waals surface area contributed by atoms with Crippen molar-refractivity contribution in [3.8, 4) is 11.1 Å². The second-order valence-electron chi connectivity index (χ2n) is 3.65. The predicted molar refractivity (Wildman–Crippen MR) is 78.2 cm³/mol. The Morgan fingerprint density at radius 1 is 1.00 bits per heavy atom. The van der Waals surface area contributed by atoms with Crippen LogP contribution in [0.5, 0.6) is 0 Å². The quantitative estimate of drug-likeness (QED) is 0.721. The fraction of sp³-hybridized carbons (Fsp3) is 0. The highest BCUT2D eigenvalue weighted by Gasteiger charge is 2.02. The molecule has 0 amide bonds. The fourth-order valence-corrected chi connectivity index (χ4v) is 1.71. The fourth-order valence-electron chi connectivity index (χ4n) is 1.71. The third-order valence-electron chi connectivity index (χ3n) is 2.49. The van der Waals surface area contributed by atoms with Gasteiger partial charge in [-0.05, 0) is 18.2 Å². The van der Waals surface area contributed by atoms with Gasteiger partial charge in [0.15, 0.2) is 0 Å². The first-order chi connectivity index (χ1) is 7.83. The molecule has 18 heavy (non-hydrogen) atoms. The monoisotopic (exact) mass is 282 g/mol. The number of rotatable bonds is 1. The zero-order valence-corrected chi connectivity index (χ0v) is 11.0. The predicted octanol–water partition coefficient (Wildman–Crippen LogP) is 3.05. The third-order valence-corrected chi connectivity index (χ3v) is 2.49. The first kappa shape index (κ1) is 14.3. The van der Waals surface area contributed by atoms with E-state index in [4.69, 9.17) is 5.73 Å². The van der Waals surface area contributed by atoms with E-state index in [1.165, 1.54) is 0 Å². The van der Waals surface area contributed by atoms with E-state index in [2.05, 4.69) is 21.0 Å². The first-order valence-corrected chi connectivity index (χ1v) is 4.97. The van der Waals surface area contributed by atoms with E-state index < -0.39 is 0 Å². The van der Waals surface area contributed by atoms with Gasteiger partial charge in [0.05, 0.1) is 5.69 Å². The lowest BCUT2D eigenvalue weighted by atomic mass is 10.1. The van der Waals surface area contributed by atoms with Crippen LogP contribution in [0.15, 0.2) is 43.0 Å². The van der Waals surface area contributed by atoms with Crippen LogP contribution < -0.4 is 5.73 Å². The maximum Gasteiger partial charge on any atom is 0.137 e.